The zero-order valence-corrected chi connectivity index (χ0v) is 26.5. The molecule has 0 aliphatic carbocycles. The lowest BCUT2D eigenvalue weighted by molar-refractivity contribution is -0.140. The predicted octanol–water partition coefficient (Wildman–Crippen LogP) is 2.78. The number of aliphatic hydroxyl groups excluding tert-OH is 1. The Hall–Kier alpha value is -4.06. The molecule has 0 radical (unpaired) electrons. The molecule has 3 amide bonds. The number of benzene rings is 2. The first-order valence-electron chi connectivity index (χ1n) is 16.1. The second-order valence-electron chi connectivity index (χ2n) is 12.4. The summed E-state index contributed by atoms with van der Waals surface area (Å²) in [5.74, 6) is -1.87. The van der Waals surface area contributed by atoms with Gasteiger partial charge in [0.1, 0.15) is 0 Å². The van der Waals surface area contributed by atoms with Crippen molar-refractivity contribution in [2.75, 3.05) is 37.0 Å². The van der Waals surface area contributed by atoms with Gasteiger partial charge in [-0.3, -0.25) is 19.2 Å². The van der Waals surface area contributed by atoms with E-state index in [-0.39, 0.29) is 55.9 Å². The molecule has 0 spiro atoms. The van der Waals surface area contributed by atoms with Crippen molar-refractivity contribution in [3.05, 3.63) is 71.3 Å². The van der Waals surface area contributed by atoms with Crippen LogP contribution >= 0.6 is 0 Å². The maximum atomic E-state index is 13.9. The van der Waals surface area contributed by atoms with Crippen molar-refractivity contribution in [1.29, 1.82) is 0 Å². The molecule has 2 aromatic rings. The lowest BCUT2D eigenvalue weighted by Gasteiger charge is -2.36. The Bertz CT molecular complexity index is 1490. The van der Waals surface area contributed by atoms with Crippen LogP contribution in [-0.2, 0) is 42.5 Å². The van der Waals surface area contributed by atoms with Gasteiger partial charge in [0.25, 0.3) is 5.91 Å². The van der Waals surface area contributed by atoms with Gasteiger partial charge >= 0.3 is 5.97 Å². The summed E-state index contributed by atoms with van der Waals surface area (Å²) < 4.78 is 4.72. The van der Waals surface area contributed by atoms with Crippen LogP contribution < -0.4 is 15.5 Å². The smallest absolute Gasteiger partial charge is 0.305 e. The molecule has 3 aliphatic heterocycles. The Morgan fingerprint density at radius 1 is 1.17 bits per heavy atom. The Morgan fingerprint density at radius 2 is 1.96 bits per heavy atom. The van der Waals surface area contributed by atoms with E-state index in [1.807, 2.05) is 24.3 Å². The topological polar surface area (TPSA) is 149 Å². The molecule has 5 rings (SSSR count). The average Bonchev–Trinajstić information content (AvgIpc) is 3.68. The number of hydrogen-bond donors (Lipinski definition) is 4. The molecule has 3 heterocycles. The van der Waals surface area contributed by atoms with Gasteiger partial charge in [-0.2, -0.15) is 0 Å². The zero-order chi connectivity index (χ0) is 32.8. The molecule has 4 atom stereocenters. The number of ether oxygens (including phenoxy) is 1. The highest BCUT2D eigenvalue weighted by molar-refractivity contribution is 6.08. The third-order valence-corrected chi connectivity index (χ3v) is 9.42. The number of carbonyl (C=O) groups excluding carboxylic acids is 4. The fourth-order valence-corrected chi connectivity index (χ4v) is 6.70. The van der Waals surface area contributed by atoms with Gasteiger partial charge in [-0.25, -0.2) is 0 Å². The molecule has 0 saturated carbocycles. The number of unbranched alkanes of at least 4 members (excludes halogenated alkanes) is 1. The molecule has 3 aliphatic rings. The number of nitrogens with one attached hydrogen (secondary N) is 2. The molecule has 246 valence electrons. The first kappa shape index (κ1) is 33.3. The van der Waals surface area contributed by atoms with E-state index in [2.05, 4.69) is 10.6 Å². The van der Waals surface area contributed by atoms with Crippen LogP contribution in [0, 0.1) is 5.92 Å². The van der Waals surface area contributed by atoms with Gasteiger partial charge in [0.2, 0.25) is 11.8 Å². The van der Waals surface area contributed by atoms with Crippen molar-refractivity contribution < 1.29 is 34.1 Å². The van der Waals surface area contributed by atoms with E-state index in [4.69, 9.17) is 4.74 Å². The van der Waals surface area contributed by atoms with Crippen LogP contribution in [0.1, 0.15) is 62.1 Å². The highest BCUT2D eigenvalue weighted by Crippen LogP contribution is 2.46. The number of esters is 1. The van der Waals surface area contributed by atoms with E-state index in [1.165, 1.54) is 12.0 Å². The number of methoxy groups -OCH3 is 1. The molecular formula is C35H44N4O7. The minimum absolute atomic E-state index is 0.0435. The largest absolute Gasteiger partial charge is 0.469 e. The van der Waals surface area contributed by atoms with Crippen LogP contribution in [0.2, 0.25) is 0 Å². The summed E-state index contributed by atoms with van der Waals surface area (Å²) in [7, 11) is 1.33. The summed E-state index contributed by atoms with van der Waals surface area (Å²) in [6.45, 7) is 3.06. The number of anilines is 2. The lowest BCUT2D eigenvalue weighted by Crippen LogP contribution is -2.46. The average molecular weight is 633 g/mol. The normalized spacial score (nSPS) is 22.9. The number of amides is 3. The third-order valence-electron chi connectivity index (χ3n) is 9.42. The van der Waals surface area contributed by atoms with Crippen molar-refractivity contribution >= 4 is 35.1 Å². The van der Waals surface area contributed by atoms with E-state index in [0.29, 0.717) is 42.7 Å². The molecule has 11 nitrogen and oxygen atoms in total. The van der Waals surface area contributed by atoms with E-state index in [9.17, 15) is 29.4 Å². The van der Waals surface area contributed by atoms with E-state index in [0.717, 1.165) is 30.5 Å². The summed E-state index contributed by atoms with van der Waals surface area (Å²) >= 11 is 0. The monoisotopic (exact) mass is 632 g/mol. The van der Waals surface area contributed by atoms with Gasteiger partial charge in [-0.15, -0.1) is 0 Å². The van der Waals surface area contributed by atoms with Gasteiger partial charge in [0.15, 0.2) is 5.60 Å². The Kier molecular flexibility index (Phi) is 10.6. The van der Waals surface area contributed by atoms with Crippen LogP contribution in [0.4, 0.5) is 11.4 Å². The van der Waals surface area contributed by atoms with Crippen molar-refractivity contribution in [2.24, 2.45) is 5.92 Å². The zero-order valence-electron chi connectivity index (χ0n) is 26.5. The van der Waals surface area contributed by atoms with Crippen LogP contribution in [0.25, 0.3) is 0 Å². The molecule has 1 fully saturated rings. The second-order valence-corrected chi connectivity index (χ2v) is 12.4. The summed E-state index contributed by atoms with van der Waals surface area (Å²) in [5.41, 5.74) is 1.62. The molecule has 2 aromatic carbocycles. The summed E-state index contributed by atoms with van der Waals surface area (Å²) in [6, 6.07) is 12.4. The van der Waals surface area contributed by atoms with Crippen LogP contribution in [0.15, 0.2) is 54.6 Å². The quantitative estimate of drug-likeness (QED) is 0.159. The maximum absolute atomic E-state index is 13.9. The molecule has 1 saturated heterocycles. The van der Waals surface area contributed by atoms with Crippen molar-refractivity contribution in [3.8, 4) is 0 Å². The highest BCUT2D eigenvalue weighted by atomic mass is 16.5. The number of nitrogens with zero attached hydrogens (tertiary/aromatic N) is 2. The third kappa shape index (κ3) is 6.86. The Balaban J connectivity index is 1.33. The van der Waals surface area contributed by atoms with Gasteiger partial charge in [-0.05, 0) is 68.0 Å². The molecule has 0 aromatic heterocycles. The second kappa shape index (κ2) is 14.6. The first-order valence-corrected chi connectivity index (χ1v) is 16.1. The molecule has 0 unspecified atom stereocenters. The number of carbonyl (C=O) groups is 4. The summed E-state index contributed by atoms with van der Waals surface area (Å²) in [4.78, 5) is 54.9. The van der Waals surface area contributed by atoms with E-state index >= 15 is 0 Å². The standard InChI is InChI=1S/C35H44N4O7/c1-23(9-7-13-31(41)39-21-25-11-4-3-10-24(25)19-27(39)22-40)35(45)28-20-26(37-33(43)29-12-8-17-36-29)15-16-30(28)38(34(35)44)18-6-5-14-32(42)46-2/h3-4,7,9-11,15-16,20,23,27,29,36,40,45H,5-6,8,12-14,17-19,21-22H2,1-2H3,(H,37,43)/b9-7+/t23-,27+,29-,35+/m1/s1. The van der Waals surface area contributed by atoms with Gasteiger partial charge in [-0.1, -0.05) is 43.3 Å². The van der Waals surface area contributed by atoms with Gasteiger partial charge in [0, 0.05) is 43.1 Å². The molecule has 46 heavy (non-hydrogen) atoms. The van der Waals surface area contributed by atoms with E-state index < -0.39 is 17.4 Å². The number of rotatable bonds is 12. The van der Waals surface area contributed by atoms with Crippen molar-refractivity contribution in [2.45, 2.75) is 76.1 Å². The minimum atomic E-state index is -1.94. The SMILES string of the molecule is COC(=O)CCCCN1C(=O)[C@](O)([C@H](C)/C=C/CC(=O)N2Cc3ccccc3C[C@H]2CO)c2cc(NC(=O)[C@H]3CCCN3)ccc21. The molecule has 11 heteroatoms. The van der Waals surface area contributed by atoms with Crippen LogP contribution in [0.5, 0.6) is 0 Å². The fraction of sp³-hybridized carbons (Fsp3) is 0.486. The maximum Gasteiger partial charge on any atom is 0.305 e. The number of hydrogen-bond acceptors (Lipinski definition) is 8. The molecule has 0 bridgehead atoms. The highest BCUT2D eigenvalue weighted by Gasteiger charge is 2.52. The molecular weight excluding hydrogens is 588 g/mol. The molecule has 4 N–H and O–H groups in total. The summed E-state index contributed by atoms with van der Waals surface area (Å²) in [6.07, 6.45) is 6.89. The van der Waals surface area contributed by atoms with Crippen LogP contribution in [0.3, 0.4) is 0 Å². The van der Waals surface area contributed by atoms with E-state index in [1.54, 1.807) is 42.2 Å². The summed E-state index contributed by atoms with van der Waals surface area (Å²) in [5, 5.41) is 28.2. The lowest BCUT2D eigenvalue weighted by atomic mass is 9.82. The Labute approximate surface area is 269 Å². The first-order chi connectivity index (χ1) is 22.2. The predicted molar refractivity (Wildman–Crippen MR) is 173 cm³/mol. The van der Waals surface area contributed by atoms with Crippen LogP contribution in [-0.4, -0.2) is 77.7 Å². The fourth-order valence-electron chi connectivity index (χ4n) is 6.70. The van der Waals surface area contributed by atoms with Crippen molar-refractivity contribution in [3.63, 3.8) is 0 Å². The number of aliphatic hydroxyl groups is 2. The van der Waals surface area contributed by atoms with Gasteiger partial charge in [0.05, 0.1) is 31.5 Å². The van der Waals surface area contributed by atoms with Gasteiger partial charge < -0.3 is 35.4 Å². The minimum Gasteiger partial charge on any atom is -0.469 e. The van der Waals surface area contributed by atoms with Crippen molar-refractivity contribution in [1.82, 2.24) is 10.2 Å². The number of fused-ring (bicyclic) bond motifs is 2. The Morgan fingerprint density at radius 3 is 2.67 bits per heavy atom.